The fourth-order valence-electron chi connectivity index (χ4n) is 2.42. The second-order valence-corrected chi connectivity index (χ2v) is 7.22. The number of rotatable bonds is 6. The fraction of sp³-hybridized carbons (Fsp3) is 0.571. The molecule has 1 aliphatic carbocycles. The first-order valence-electron chi connectivity index (χ1n) is 6.93. The van der Waals surface area contributed by atoms with Crippen LogP contribution in [-0.2, 0) is 4.79 Å². The van der Waals surface area contributed by atoms with Crippen LogP contribution >= 0.6 is 23.1 Å². The van der Waals surface area contributed by atoms with Crippen LogP contribution in [-0.4, -0.2) is 35.4 Å². The van der Waals surface area contributed by atoms with E-state index in [0.29, 0.717) is 10.1 Å². The van der Waals surface area contributed by atoms with E-state index in [2.05, 4.69) is 17.6 Å². The highest BCUT2D eigenvalue weighted by molar-refractivity contribution is 7.99. The molecule has 0 aliphatic heterocycles. The standard InChI is InChI=1S/C14H20N2O2S2/c1-2-19-11-6-3-5-10(11)16-13(17)9-15-14(18)12-7-4-8-20-12/h4,7-8,10-11H,2-3,5-6,9H2,1H3,(H,15,18)(H,16,17). The molecule has 1 fully saturated rings. The van der Waals surface area contributed by atoms with E-state index >= 15 is 0 Å². The molecule has 0 saturated heterocycles. The monoisotopic (exact) mass is 312 g/mol. The van der Waals surface area contributed by atoms with E-state index in [4.69, 9.17) is 0 Å². The smallest absolute Gasteiger partial charge is 0.261 e. The lowest BCUT2D eigenvalue weighted by Gasteiger charge is -2.20. The number of hydrogen-bond acceptors (Lipinski definition) is 4. The van der Waals surface area contributed by atoms with Crippen molar-refractivity contribution >= 4 is 34.9 Å². The van der Waals surface area contributed by atoms with Gasteiger partial charge in [0, 0.05) is 11.3 Å². The Morgan fingerprint density at radius 1 is 1.45 bits per heavy atom. The van der Waals surface area contributed by atoms with E-state index in [1.807, 2.05) is 23.2 Å². The molecular weight excluding hydrogens is 292 g/mol. The molecule has 0 aromatic carbocycles. The Morgan fingerprint density at radius 3 is 3.00 bits per heavy atom. The van der Waals surface area contributed by atoms with Crippen molar-refractivity contribution in [2.75, 3.05) is 12.3 Å². The van der Waals surface area contributed by atoms with E-state index in [1.54, 1.807) is 6.07 Å². The second-order valence-electron chi connectivity index (χ2n) is 4.76. The molecule has 2 N–H and O–H groups in total. The maximum Gasteiger partial charge on any atom is 0.261 e. The number of carbonyl (C=O) groups is 2. The Balaban J connectivity index is 1.74. The highest BCUT2D eigenvalue weighted by Crippen LogP contribution is 2.29. The van der Waals surface area contributed by atoms with Crippen LogP contribution in [0.2, 0.25) is 0 Å². The highest BCUT2D eigenvalue weighted by atomic mass is 32.2. The fourth-order valence-corrected chi connectivity index (χ4v) is 4.26. The average Bonchev–Trinajstić information content (AvgIpc) is 3.09. The highest BCUT2D eigenvalue weighted by Gasteiger charge is 2.28. The Morgan fingerprint density at radius 2 is 2.30 bits per heavy atom. The van der Waals surface area contributed by atoms with Crippen LogP contribution in [0.5, 0.6) is 0 Å². The van der Waals surface area contributed by atoms with Crippen molar-refractivity contribution in [3.63, 3.8) is 0 Å². The van der Waals surface area contributed by atoms with Gasteiger partial charge in [-0.25, -0.2) is 0 Å². The van der Waals surface area contributed by atoms with Crippen LogP contribution in [0.1, 0.15) is 35.9 Å². The molecule has 0 spiro atoms. The summed E-state index contributed by atoms with van der Waals surface area (Å²) < 4.78 is 0. The zero-order chi connectivity index (χ0) is 14.4. The summed E-state index contributed by atoms with van der Waals surface area (Å²) in [6.45, 7) is 2.19. The van der Waals surface area contributed by atoms with Crippen LogP contribution in [0.25, 0.3) is 0 Å². The van der Waals surface area contributed by atoms with E-state index in [1.165, 1.54) is 24.2 Å². The summed E-state index contributed by atoms with van der Waals surface area (Å²) >= 11 is 3.29. The third-order valence-corrected chi connectivity index (χ3v) is 5.53. The van der Waals surface area contributed by atoms with Gasteiger partial charge in [0.05, 0.1) is 11.4 Å². The Hall–Kier alpha value is -1.01. The first-order valence-corrected chi connectivity index (χ1v) is 8.86. The van der Waals surface area contributed by atoms with Crippen molar-refractivity contribution in [1.82, 2.24) is 10.6 Å². The summed E-state index contributed by atoms with van der Waals surface area (Å²) in [5.41, 5.74) is 0. The second kappa shape index (κ2) is 7.69. The molecule has 4 nitrogen and oxygen atoms in total. The van der Waals surface area contributed by atoms with E-state index < -0.39 is 0 Å². The number of carbonyl (C=O) groups excluding carboxylic acids is 2. The minimum atomic E-state index is -0.180. The Kier molecular flexibility index (Phi) is 5.91. The lowest BCUT2D eigenvalue weighted by atomic mass is 10.2. The van der Waals surface area contributed by atoms with Crippen molar-refractivity contribution in [2.24, 2.45) is 0 Å². The van der Waals surface area contributed by atoms with Crippen LogP contribution in [0, 0.1) is 0 Å². The van der Waals surface area contributed by atoms with Crippen molar-refractivity contribution < 1.29 is 9.59 Å². The van der Waals surface area contributed by atoms with E-state index in [9.17, 15) is 9.59 Å². The Bertz CT molecular complexity index is 448. The minimum Gasteiger partial charge on any atom is -0.351 e. The number of amides is 2. The van der Waals surface area contributed by atoms with E-state index in [0.717, 1.165) is 12.2 Å². The molecule has 2 atom stereocenters. The van der Waals surface area contributed by atoms with Gasteiger partial charge in [-0.3, -0.25) is 9.59 Å². The first-order chi connectivity index (χ1) is 9.70. The lowest BCUT2D eigenvalue weighted by Crippen LogP contribution is -2.44. The molecule has 2 amide bonds. The largest absolute Gasteiger partial charge is 0.351 e. The molecule has 2 unspecified atom stereocenters. The number of nitrogens with one attached hydrogen (secondary N) is 2. The minimum absolute atomic E-state index is 0.0523. The summed E-state index contributed by atoms with van der Waals surface area (Å²) in [6.07, 6.45) is 3.39. The van der Waals surface area contributed by atoms with Gasteiger partial charge in [-0.2, -0.15) is 11.8 Å². The molecule has 1 aliphatic rings. The number of thioether (sulfide) groups is 1. The van der Waals surface area contributed by atoms with Crippen LogP contribution in [0.3, 0.4) is 0 Å². The quantitative estimate of drug-likeness (QED) is 0.847. The van der Waals surface area contributed by atoms with E-state index in [-0.39, 0.29) is 24.4 Å². The first kappa shape index (κ1) is 15.4. The maximum atomic E-state index is 11.9. The zero-order valence-electron chi connectivity index (χ0n) is 11.6. The molecule has 1 saturated carbocycles. The summed E-state index contributed by atoms with van der Waals surface area (Å²) in [7, 11) is 0. The van der Waals surface area contributed by atoms with Crippen LogP contribution in [0.4, 0.5) is 0 Å². The zero-order valence-corrected chi connectivity index (χ0v) is 13.2. The maximum absolute atomic E-state index is 11.9. The van der Waals surface area contributed by atoms with Gasteiger partial charge < -0.3 is 10.6 Å². The molecule has 0 radical (unpaired) electrons. The third kappa shape index (κ3) is 4.24. The number of thiophene rings is 1. The van der Waals surface area contributed by atoms with Gasteiger partial charge in [-0.05, 0) is 30.0 Å². The predicted octanol–water partition coefficient (Wildman–Crippen LogP) is 2.27. The Labute approximate surface area is 127 Å². The molecule has 20 heavy (non-hydrogen) atoms. The van der Waals surface area contributed by atoms with Crippen LogP contribution < -0.4 is 10.6 Å². The summed E-state index contributed by atoms with van der Waals surface area (Å²) in [5.74, 6) is 0.802. The van der Waals surface area contributed by atoms with Gasteiger partial charge in [0.2, 0.25) is 5.91 Å². The van der Waals surface area contributed by atoms with Gasteiger partial charge in [-0.1, -0.05) is 19.4 Å². The molecule has 1 heterocycles. The molecular formula is C14H20N2O2S2. The van der Waals surface area contributed by atoms with Gasteiger partial charge in [0.15, 0.2) is 0 Å². The van der Waals surface area contributed by atoms with Crippen molar-refractivity contribution in [2.45, 2.75) is 37.5 Å². The normalized spacial score (nSPS) is 21.6. The molecule has 2 rings (SSSR count). The molecule has 1 aromatic rings. The number of hydrogen-bond donors (Lipinski definition) is 2. The predicted molar refractivity (Wildman–Crippen MR) is 84.4 cm³/mol. The SMILES string of the molecule is CCSC1CCCC1NC(=O)CNC(=O)c1cccs1. The summed E-state index contributed by atoms with van der Waals surface area (Å²) in [6, 6.07) is 3.83. The molecule has 110 valence electrons. The van der Waals surface area contributed by atoms with Gasteiger partial charge in [-0.15, -0.1) is 11.3 Å². The van der Waals surface area contributed by atoms with Gasteiger partial charge >= 0.3 is 0 Å². The van der Waals surface area contributed by atoms with Crippen molar-refractivity contribution in [3.05, 3.63) is 22.4 Å². The summed E-state index contributed by atoms with van der Waals surface area (Å²) in [4.78, 5) is 24.3. The van der Waals surface area contributed by atoms with Crippen molar-refractivity contribution in [3.8, 4) is 0 Å². The topological polar surface area (TPSA) is 58.2 Å². The van der Waals surface area contributed by atoms with Gasteiger partial charge in [0.1, 0.15) is 0 Å². The lowest BCUT2D eigenvalue weighted by molar-refractivity contribution is -0.120. The average molecular weight is 312 g/mol. The molecule has 6 heteroatoms. The van der Waals surface area contributed by atoms with Gasteiger partial charge in [0.25, 0.3) is 5.91 Å². The summed E-state index contributed by atoms with van der Waals surface area (Å²) in [5, 5.41) is 8.07. The molecule has 0 bridgehead atoms. The van der Waals surface area contributed by atoms with Crippen LogP contribution in [0.15, 0.2) is 17.5 Å². The third-order valence-electron chi connectivity index (χ3n) is 3.33. The molecule has 1 aromatic heterocycles. The van der Waals surface area contributed by atoms with Crippen molar-refractivity contribution in [1.29, 1.82) is 0 Å².